The van der Waals surface area contributed by atoms with E-state index in [4.69, 9.17) is 0 Å². The Morgan fingerprint density at radius 1 is 1.35 bits per heavy atom. The average Bonchev–Trinajstić information content (AvgIpc) is 2.50. The van der Waals surface area contributed by atoms with Gasteiger partial charge >= 0.3 is 0 Å². The summed E-state index contributed by atoms with van der Waals surface area (Å²) in [5, 5.41) is 0. The van der Waals surface area contributed by atoms with Crippen molar-refractivity contribution in [3.63, 3.8) is 0 Å². The number of carbonyl (C=O) groups excluding carboxylic acids is 2. The summed E-state index contributed by atoms with van der Waals surface area (Å²) in [5.41, 5.74) is 2.50. The van der Waals surface area contributed by atoms with Crippen molar-refractivity contribution in [1.82, 2.24) is 0 Å². The van der Waals surface area contributed by atoms with E-state index >= 15 is 0 Å². The first kappa shape index (κ1) is 18.2. The summed E-state index contributed by atoms with van der Waals surface area (Å²) in [6, 6.07) is 0. The maximum Gasteiger partial charge on any atom is 0.146 e. The molecule has 2 heteroatoms. The summed E-state index contributed by atoms with van der Waals surface area (Å²) in [7, 11) is 0. The van der Waals surface area contributed by atoms with Gasteiger partial charge in [0.05, 0.1) is 0 Å². The Morgan fingerprint density at radius 3 is 2.65 bits per heavy atom. The second-order valence-electron chi connectivity index (χ2n) is 8.39. The van der Waals surface area contributed by atoms with Crippen LogP contribution in [-0.2, 0) is 9.59 Å². The first-order valence-corrected chi connectivity index (χ1v) is 9.06. The Balaban J connectivity index is 2.29. The quantitative estimate of drug-likeness (QED) is 0.393. The van der Waals surface area contributed by atoms with E-state index in [9.17, 15) is 9.59 Å². The predicted molar refractivity (Wildman–Crippen MR) is 95.2 cm³/mol. The lowest BCUT2D eigenvalue weighted by atomic mass is 9.46. The smallest absolute Gasteiger partial charge is 0.146 e. The van der Waals surface area contributed by atoms with Gasteiger partial charge in [-0.3, -0.25) is 9.59 Å². The van der Waals surface area contributed by atoms with Crippen molar-refractivity contribution in [2.75, 3.05) is 0 Å². The van der Waals surface area contributed by atoms with Crippen molar-refractivity contribution in [2.24, 2.45) is 22.7 Å². The molecule has 0 aromatic heterocycles. The molecule has 0 spiro atoms. The highest BCUT2D eigenvalue weighted by Gasteiger charge is 2.53. The molecule has 4 atom stereocenters. The summed E-state index contributed by atoms with van der Waals surface area (Å²) in [6.07, 6.45) is 10.2. The number of ketones is 1. The summed E-state index contributed by atoms with van der Waals surface area (Å²) in [6.45, 7) is 13.1. The van der Waals surface area contributed by atoms with E-state index in [0.29, 0.717) is 17.4 Å². The lowest BCUT2D eigenvalue weighted by molar-refractivity contribution is -0.117. The topological polar surface area (TPSA) is 34.1 Å². The molecule has 2 fully saturated rings. The van der Waals surface area contributed by atoms with Crippen LogP contribution in [0.4, 0.5) is 0 Å². The van der Waals surface area contributed by atoms with E-state index in [0.717, 1.165) is 19.1 Å². The molecule has 0 unspecified atom stereocenters. The second-order valence-corrected chi connectivity index (χ2v) is 8.39. The van der Waals surface area contributed by atoms with Gasteiger partial charge in [-0.15, -0.1) is 0 Å². The van der Waals surface area contributed by atoms with E-state index in [1.807, 2.05) is 6.08 Å². The zero-order chi connectivity index (χ0) is 17.3. The first-order valence-electron chi connectivity index (χ1n) is 9.06. The van der Waals surface area contributed by atoms with Gasteiger partial charge in [-0.25, -0.2) is 0 Å². The fourth-order valence-corrected chi connectivity index (χ4v) is 5.11. The fourth-order valence-electron chi connectivity index (χ4n) is 5.11. The van der Waals surface area contributed by atoms with Crippen LogP contribution in [0.1, 0.15) is 72.6 Å². The van der Waals surface area contributed by atoms with E-state index in [1.54, 1.807) is 6.92 Å². The van der Waals surface area contributed by atoms with E-state index < -0.39 is 0 Å². The van der Waals surface area contributed by atoms with Crippen LogP contribution in [0.3, 0.4) is 0 Å². The van der Waals surface area contributed by atoms with Gasteiger partial charge in [0.15, 0.2) is 0 Å². The number of aldehydes is 1. The maximum absolute atomic E-state index is 11.3. The van der Waals surface area contributed by atoms with Crippen LogP contribution in [0.5, 0.6) is 0 Å². The number of carbonyl (C=O) groups is 2. The third-order valence-corrected chi connectivity index (χ3v) is 6.98. The van der Waals surface area contributed by atoms with Crippen molar-refractivity contribution in [3.05, 3.63) is 23.8 Å². The summed E-state index contributed by atoms with van der Waals surface area (Å²) in [5.74, 6) is 1.32. The third kappa shape index (κ3) is 3.36. The van der Waals surface area contributed by atoms with E-state index in [2.05, 4.69) is 27.4 Å². The van der Waals surface area contributed by atoms with Crippen LogP contribution in [0.15, 0.2) is 23.8 Å². The molecule has 0 aromatic carbocycles. The monoisotopic (exact) mass is 316 g/mol. The van der Waals surface area contributed by atoms with Crippen molar-refractivity contribution in [3.8, 4) is 0 Å². The molecule has 2 nitrogen and oxygen atoms in total. The number of fused-ring (bicyclic) bond motifs is 1. The molecule has 0 aliphatic heterocycles. The molecule has 2 aliphatic rings. The molecule has 0 bridgehead atoms. The van der Waals surface area contributed by atoms with Gasteiger partial charge in [0, 0.05) is 6.42 Å². The maximum atomic E-state index is 11.3. The third-order valence-electron chi connectivity index (χ3n) is 6.98. The standard InChI is InChI=1S/C21H32O2/c1-15-7-6-8-19-20(15,4)11-9-16(2)21(19,5)12-10-18(14-22)13-17(3)23/h10,14,16,19H,1,6-9,11-13H2,2-5H3/b18-10+/t16-,19+,20+,21+/m1/s1. The SMILES string of the molecule is C=C1CCC[C@@H]2[C@@](C)(C/C=C(/C=O)CC(C)=O)[C@H](C)CC[C@@]12C. The molecular weight excluding hydrogens is 284 g/mol. The lowest BCUT2D eigenvalue weighted by Gasteiger charge is -2.58. The normalized spacial score (nSPS) is 38.1. The number of rotatable bonds is 5. The highest BCUT2D eigenvalue weighted by atomic mass is 16.1. The van der Waals surface area contributed by atoms with E-state index in [-0.39, 0.29) is 23.0 Å². The molecule has 23 heavy (non-hydrogen) atoms. The Bertz CT molecular complexity index is 530. The first-order chi connectivity index (χ1) is 10.7. The van der Waals surface area contributed by atoms with Crippen LogP contribution in [0, 0.1) is 22.7 Å². The minimum atomic E-state index is 0.0566. The molecule has 0 radical (unpaired) electrons. The van der Waals surface area contributed by atoms with Crippen molar-refractivity contribution >= 4 is 12.1 Å². The number of allylic oxidation sites excluding steroid dienone is 3. The summed E-state index contributed by atoms with van der Waals surface area (Å²) in [4.78, 5) is 22.6. The lowest BCUT2D eigenvalue weighted by Crippen LogP contribution is -2.50. The number of hydrogen-bond donors (Lipinski definition) is 0. The summed E-state index contributed by atoms with van der Waals surface area (Å²) >= 11 is 0. The molecular formula is C21H32O2. The van der Waals surface area contributed by atoms with E-state index in [1.165, 1.54) is 31.3 Å². The predicted octanol–water partition coefficient (Wildman–Crippen LogP) is 5.28. The Morgan fingerprint density at radius 2 is 2.04 bits per heavy atom. The second kappa shape index (κ2) is 6.75. The largest absolute Gasteiger partial charge is 0.300 e. The molecule has 0 amide bonds. The molecule has 128 valence electrons. The molecule has 0 aromatic rings. The van der Waals surface area contributed by atoms with Gasteiger partial charge in [0.2, 0.25) is 0 Å². The van der Waals surface area contributed by atoms with Gasteiger partial charge < -0.3 is 0 Å². The fraction of sp³-hybridized carbons (Fsp3) is 0.714. The van der Waals surface area contributed by atoms with Crippen LogP contribution >= 0.6 is 0 Å². The molecule has 0 N–H and O–H groups in total. The molecule has 0 saturated heterocycles. The minimum Gasteiger partial charge on any atom is -0.300 e. The van der Waals surface area contributed by atoms with Crippen molar-refractivity contribution in [2.45, 2.75) is 72.6 Å². The molecule has 2 aliphatic carbocycles. The zero-order valence-corrected chi connectivity index (χ0v) is 15.3. The summed E-state index contributed by atoms with van der Waals surface area (Å²) < 4.78 is 0. The zero-order valence-electron chi connectivity index (χ0n) is 15.3. The van der Waals surface area contributed by atoms with Crippen LogP contribution in [0.2, 0.25) is 0 Å². The molecule has 2 saturated carbocycles. The number of hydrogen-bond acceptors (Lipinski definition) is 2. The van der Waals surface area contributed by atoms with Gasteiger partial charge in [-0.2, -0.15) is 0 Å². The number of Topliss-reactive ketones (excluding diaryl/α,β-unsaturated/α-hetero) is 1. The highest BCUT2D eigenvalue weighted by Crippen LogP contribution is 2.62. The van der Waals surface area contributed by atoms with Gasteiger partial charge in [0.1, 0.15) is 12.1 Å². The molecule has 0 heterocycles. The van der Waals surface area contributed by atoms with Crippen molar-refractivity contribution in [1.29, 1.82) is 0 Å². The van der Waals surface area contributed by atoms with Crippen LogP contribution in [0.25, 0.3) is 0 Å². The van der Waals surface area contributed by atoms with Crippen LogP contribution < -0.4 is 0 Å². The van der Waals surface area contributed by atoms with Crippen LogP contribution in [-0.4, -0.2) is 12.1 Å². The Kier molecular flexibility index (Phi) is 5.33. The highest BCUT2D eigenvalue weighted by molar-refractivity contribution is 5.87. The van der Waals surface area contributed by atoms with Crippen molar-refractivity contribution < 1.29 is 9.59 Å². The van der Waals surface area contributed by atoms with Gasteiger partial charge in [0.25, 0.3) is 0 Å². The Hall–Kier alpha value is -1.18. The van der Waals surface area contributed by atoms with Gasteiger partial charge in [-0.1, -0.05) is 39.0 Å². The minimum absolute atomic E-state index is 0.0566. The van der Waals surface area contributed by atoms with Gasteiger partial charge in [-0.05, 0) is 73.7 Å². The molecule has 2 rings (SSSR count). The average molecular weight is 316 g/mol. The Labute approximate surface area is 141 Å².